The van der Waals surface area contributed by atoms with E-state index >= 15 is 0 Å². The van der Waals surface area contributed by atoms with Gasteiger partial charge in [-0.15, -0.1) is 0 Å². The van der Waals surface area contributed by atoms with Gasteiger partial charge in [0.05, 0.1) is 0 Å². The Labute approximate surface area is 134 Å². The predicted octanol–water partition coefficient (Wildman–Crippen LogP) is -2.71. The van der Waals surface area contributed by atoms with Gasteiger partial charge in [-0.2, -0.15) is 0 Å². The van der Waals surface area contributed by atoms with Crippen LogP contribution < -0.4 is 0 Å². The van der Waals surface area contributed by atoms with E-state index in [2.05, 4.69) is 25.7 Å². The van der Waals surface area contributed by atoms with Crippen LogP contribution in [0.2, 0.25) is 0 Å². The zero-order valence-corrected chi connectivity index (χ0v) is 15.8. The van der Waals surface area contributed by atoms with Crippen LogP contribution in [0, 0.1) is 0 Å². The summed E-state index contributed by atoms with van der Waals surface area (Å²) in [6.07, 6.45) is 0. The van der Waals surface area contributed by atoms with Crippen molar-refractivity contribution in [1.82, 2.24) is 4.90 Å². The monoisotopic (exact) mass is 455 g/mol. The van der Waals surface area contributed by atoms with Crippen molar-refractivity contribution in [3.8, 4) is 0 Å². The van der Waals surface area contributed by atoms with E-state index in [0.717, 1.165) is 0 Å². The Hall–Kier alpha value is 0.117. The zero-order valence-electron chi connectivity index (χ0n) is 11.9. The van der Waals surface area contributed by atoms with E-state index in [-0.39, 0.29) is 0 Å². The molecule has 0 atom stereocenters. The van der Waals surface area contributed by atoms with Gasteiger partial charge in [0.2, 0.25) is 0 Å². The molecule has 0 aliphatic rings. The molecule has 22 heavy (non-hydrogen) atoms. The molecule has 0 amide bonds. The summed E-state index contributed by atoms with van der Waals surface area (Å²) < 4.78 is 95.6. The first-order valence-corrected chi connectivity index (χ1v) is 11.7. The molecule has 13 nitrogen and oxygen atoms in total. The van der Waals surface area contributed by atoms with Crippen LogP contribution in [-0.2, 0) is 63.7 Å². The summed E-state index contributed by atoms with van der Waals surface area (Å²) in [5.41, 5.74) is 0. The van der Waals surface area contributed by atoms with Crippen molar-refractivity contribution < 1.29 is 88.6 Å². The van der Waals surface area contributed by atoms with Gasteiger partial charge in [-0.3, -0.25) is 0 Å². The molecule has 0 radical (unpaired) electrons. The molecule has 0 rings (SSSR count). The number of rotatable bonds is 3. The summed E-state index contributed by atoms with van der Waals surface area (Å²) in [6.45, 7) is 10.1. The molecule has 0 heterocycles. The average molecular weight is 455 g/mol. The van der Waals surface area contributed by atoms with Crippen LogP contribution in [0.5, 0.6) is 0 Å². The SMILES string of the molecule is CCN(CC)CC.[O]=[Cr](=[O])([OH])[OH].[O]=[Cr](=[O])([OH])[OH].[O]=[Cr](=[O])([OH])[OH]. The Bertz CT molecular complexity index is 431. The van der Waals surface area contributed by atoms with Gasteiger partial charge < -0.3 is 4.90 Å². The second-order valence-corrected chi connectivity index (χ2v) is 7.16. The Morgan fingerprint density at radius 1 is 0.545 bits per heavy atom. The number of hydrogen-bond acceptors (Lipinski definition) is 7. The van der Waals surface area contributed by atoms with Crippen LogP contribution in [0.3, 0.4) is 0 Å². The molecule has 0 unspecified atom stereocenters. The van der Waals surface area contributed by atoms with Crippen LogP contribution in [0.25, 0.3) is 0 Å². The first-order chi connectivity index (χ1) is 9.35. The van der Waals surface area contributed by atoms with Gasteiger partial charge in [-0.05, 0) is 19.6 Å². The fourth-order valence-corrected chi connectivity index (χ4v) is 0.671. The summed E-state index contributed by atoms with van der Waals surface area (Å²) in [7, 11) is 0. The average Bonchev–Trinajstić information content (AvgIpc) is 2.12. The molecule has 0 spiro atoms. The third-order valence-electron chi connectivity index (χ3n) is 1.34. The van der Waals surface area contributed by atoms with E-state index in [0.29, 0.717) is 0 Å². The van der Waals surface area contributed by atoms with Crippen molar-refractivity contribution >= 4 is 0 Å². The van der Waals surface area contributed by atoms with Crippen molar-refractivity contribution in [3.63, 3.8) is 0 Å². The molecule has 0 saturated carbocycles. The first kappa shape index (κ1) is 30.0. The van der Waals surface area contributed by atoms with Crippen LogP contribution >= 0.6 is 0 Å². The molecule has 0 aliphatic heterocycles. The van der Waals surface area contributed by atoms with E-state index in [9.17, 15) is 0 Å². The Morgan fingerprint density at radius 3 is 0.636 bits per heavy atom. The van der Waals surface area contributed by atoms with Gasteiger partial charge in [-0.1, -0.05) is 20.8 Å². The molecule has 0 aromatic carbocycles. The quantitative estimate of drug-likeness (QED) is 0.255. The Kier molecular flexibility index (Phi) is 20.1. The summed E-state index contributed by atoms with van der Waals surface area (Å²) in [4.78, 5) is 2.38. The normalized spacial score (nSPS) is 11.2. The summed E-state index contributed by atoms with van der Waals surface area (Å²) >= 11 is -15.8. The zero-order chi connectivity index (χ0) is 19.2. The van der Waals surface area contributed by atoms with Crippen molar-refractivity contribution in [3.05, 3.63) is 0 Å². The van der Waals surface area contributed by atoms with Gasteiger partial charge in [0.25, 0.3) is 0 Å². The van der Waals surface area contributed by atoms with Crippen molar-refractivity contribution in [2.24, 2.45) is 0 Å². The third-order valence-corrected chi connectivity index (χ3v) is 1.34. The molecule has 0 fully saturated rings. The Balaban J connectivity index is -0.0000000995. The second kappa shape index (κ2) is 14.7. The molecular formula is C6H21Cr3NO12. The van der Waals surface area contributed by atoms with Crippen molar-refractivity contribution in [2.45, 2.75) is 20.8 Å². The van der Waals surface area contributed by atoms with Crippen LogP contribution in [0.15, 0.2) is 0 Å². The van der Waals surface area contributed by atoms with Crippen LogP contribution in [0.4, 0.5) is 0 Å². The van der Waals surface area contributed by atoms with E-state index in [1.807, 2.05) is 0 Å². The maximum atomic E-state index is 8.82. The van der Waals surface area contributed by atoms with Crippen molar-refractivity contribution in [1.29, 1.82) is 0 Å². The van der Waals surface area contributed by atoms with Gasteiger partial charge in [0.15, 0.2) is 0 Å². The molecule has 0 aliphatic carbocycles. The minimum atomic E-state index is -5.25. The first-order valence-electron chi connectivity index (χ1n) is 5.17. The number of nitrogens with zero attached hydrogens (tertiary/aromatic N) is 1. The summed E-state index contributed by atoms with van der Waals surface area (Å²) in [6, 6.07) is 0. The van der Waals surface area contributed by atoms with Crippen LogP contribution in [-0.4, -0.2) is 49.5 Å². The van der Waals surface area contributed by atoms with Crippen LogP contribution in [0.1, 0.15) is 20.8 Å². The van der Waals surface area contributed by atoms with Crippen molar-refractivity contribution in [2.75, 3.05) is 19.6 Å². The molecule has 6 N–H and O–H groups in total. The molecular weight excluding hydrogens is 434 g/mol. The van der Waals surface area contributed by atoms with E-state index in [1.165, 1.54) is 19.6 Å². The molecule has 0 aromatic rings. The van der Waals surface area contributed by atoms with E-state index < -0.39 is 40.8 Å². The topological polar surface area (TPSA) is 227 Å². The standard InChI is InChI=1S/C6H15N.3Cr.6H2O.6O/c1-4-7(5-2)6-3;;;;;;;;;;;;;;;/h4-6H2,1-3H3;;;;6*1H2;;;;;;/q;3*+2;;;;;;;;;;;;/p-6. The maximum absolute atomic E-state index is 8.82. The Morgan fingerprint density at radius 2 is 0.636 bits per heavy atom. The number of hydrogen-bond donors (Lipinski definition) is 6. The molecule has 0 saturated heterocycles. The predicted molar refractivity (Wildman–Crippen MR) is 50.9 cm³/mol. The second-order valence-electron chi connectivity index (χ2n) is 2.96. The molecule has 16 heteroatoms. The molecule has 140 valence electrons. The molecule has 0 aromatic heterocycles. The van der Waals surface area contributed by atoms with Gasteiger partial charge in [0, 0.05) is 0 Å². The van der Waals surface area contributed by atoms with Gasteiger partial charge in [-0.25, -0.2) is 0 Å². The minimum absolute atomic E-state index is 1.19. The summed E-state index contributed by atoms with van der Waals surface area (Å²) in [5.74, 6) is 0. The molecule has 0 bridgehead atoms. The van der Waals surface area contributed by atoms with Gasteiger partial charge >= 0.3 is 88.6 Å². The third kappa shape index (κ3) is 196. The summed E-state index contributed by atoms with van der Waals surface area (Å²) in [5, 5.41) is 0. The fourth-order valence-electron chi connectivity index (χ4n) is 0.671. The van der Waals surface area contributed by atoms with E-state index in [1.54, 1.807) is 0 Å². The van der Waals surface area contributed by atoms with E-state index in [4.69, 9.17) is 47.8 Å². The van der Waals surface area contributed by atoms with Gasteiger partial charge in [0.1, 0.15) is 0 Å². The fraction of sp³-hybridized carbons (Fsp3) is 1.00.